The van der Waals surface area contributed by atoms with E-state index in [1.165, 1.54) is 0 Å². The first-order valence-electron chi connectivity index (χ1n) is 5.28. The van der Waals surface area contributed by atoms with Crippen molar-refractivity contribution in [2.24, 2.45) is 5.73 Å². The Kier molecular flexibility index (Phi) is 3.09. The van der Waals surface area contributed by atoms with Crippen LogP contribution in [0, 0.1) is 11.3 Å². The van der Waals surface area contributed by atoms with Gasteiger partial charge >= 0.3 is 0 Å². The molecule has 4 nitrogen and oxygen atoms in total. The third kappa shape index (κ3) is 2.01. The van der Waals surface area contributed by atoms with E-state index in [4.69, 9.17) is 10.5 Å². The van der Waals surface area contributed by atoms with Crippen molar-refractivity contribution in [1.82, 2.24) is 4.90 Å². The summed E-state index contributed by atoms with van der Waals surface area (Å²) in [4.78, 5) is 2.07. The lowest BCUT2D eigenvalue weighted by molar-refractivity contribution is 0.121. The maximum Gasteiger partial charge on any atom is 0.124 e. The Bertz CT molecular complexity index is 407. The molecule has 1 aliphatic heterocycles. The smallest absolute Gasteiger partial charge is 0.124 e. The lowest BCUT2D eigenvalue weighted by Crippen LogP contribution is -2.56. The lowest BCUT2D eigenvalue weighted by Gasteiger charge is -2.39. The zero-order chi connectivity index (χ0) is 11.5. The van der Waals surface area contributed by atoms with Crippen molar-refractivity contribution in [3.05, 3.63) is 29.8 Å². The van der Waals surface area contributed by atoms with Crippen molar-refractivity contribution in [2.75, 3.05) is 20.2 Å². The highest BCUT2D eigenvalue weighted by atomic mass is 16.5. The Labute approximate surface area is 95.2 Å². The zero-order valence-electron chi connectivity index (χ0n) is 9.26. The number of nitrogens with zero attached hydrogens (tertiary/aromatic N) is 2. The minimum absolute atomic E-state index is 0.210. The van der Waals surface area contributed by atoms with Crippen molar-refractivity contribution in [2.45, 2.75) is 12.1 Å². The minimum atomic E-state index is -0.213. The van der Waals surface area contributed by atoms with Crippen molar-refractivity contribution >= 4 is 0 Å². The fourth-order valence-electron chi connectivity index (χ4n) is 1.94. The van der Waals surface area contributed by atoms with Crippen LogP contribution in [0.15, 0.2) is 24.3 Å². The van der Waals surface area contributed by atoms with E-state index < -0.39 is 0 Å². The van der Waals surface area contributed by atoms with Crippen LogP contribution in [-0.2, 0) is 0 Å². The standard InChI is InChI=1S/C12H15N3O/c1-16-11-4-2-3-9(5-11)12(6-13)15-7-10(14)8-15/h2-5,10,12H,7-8,14H2,1H3/t12-/m1/s1. The van der Waals surface area contributed by atoms with Crippen molar-refractivity contribution in [1.29, 1.82) is 5.26 Å². The summed E-state index contributed by atoms with van der Waals surface area (Å²) in [6, 6.07) is 9.92. The van der Waals surface area contributed by atoms with E-state index in [-0.39, 0.29) is 12.1 Å². The van der Waals surface area contributed by atoms with Gasteiger partial charge in [0.05, 0.1) is 13.2 Å². The monoisotopic (exact) mass is 217 g/mol. The first-order valence-corrected chi connectivity index (χ1v) is 5.28. The average Bonchev–Trinajstić information content (AvgIpc) is 2.28. The van der Waals surface area contributed by atoms with E-state index in [0.29, 0.717) is 0 Å². The second kappa shape index (κ2) is 4.52. The topological polar surface area (TPSA) is 62.3 Å². The molecule has 0 bridgehead atoms. The predicted octanol–water partition coefficient (Wildman–Crippen LogP) is 0.903. The molecule has 1 heterocycles. The van der Waals surface area contributed by atoms with Crippen LogP contribution in [0.4, 0.5) is 0 Å². The lowest BCUT2D eigenvalue weighted by atomic mass is 10.0. The molecule has 1 fully saturated rings. The quantitative estimate of drug-likeness (QED) is 0.817. The zero-order valence-corrected chi connectivity index (χ0v) is 9.26. The van der Waals surface area contributed by atoms with Gasteiger partial charge in [-0.3, -0.25) is 4.90 Å². The summed E-state index contributed by atoms with van der Waals surface area (Å²) in [5, 5.41) is 9.19. The van der Waals surface area contributed by atoms with Crippen LogP contribution in [-0.4, -0.2) is 31.1 Å². The van der Waals surface area contributed by atoms with Crippen molar-refractivity contribution < 1.29 is 4.74 Å². The van der Waals surface area contributed by atoms with Gasteiger partial charge in [0.2, 0.25) is 0 Å². The fraction of sp³-hybridized carbons (Fsp3) is 0.417. The first kappa shape index (κ1) is 10.9. The average molecular weight is 217 g/mol. The van der Waals surface area contributed by atoms with Crippen LogP contribution in [0.1, 0.15) is 11.6 Å². The second-order valence-corrected chi connectivity index (χ2v) is 4.02. The van der Waals surface area contributed by atoms with E-state index in [2.05, 4.69) is 11.0 Å². The number of benzene rings is 1. The van der Waals surface area contributed by atoms with Crippen LogP contribution in [0.2, 0.25) is 0 Å². The van der Waals surface area contributed by atoms with Crippen LogP contribution >= 0.6 is 0 Å². The molecule has 4 heteroatoms. The number of likely N-dealkylation sites (tertiary alicyclic amines) is 1. The fourth-order valence-corrected chi connectivity index (χ4v) is 1.94. The number of methoxy groups -OCH3 is 1. The van der Waals surface area contributed by atoms with Gasteiger partial charge in [-0.25, -0.2) is 0 Å². The highest BCUT2D eigenvalue weighted by Gasteiger charge is 2.30. The van der Waals surface area contributed by atoms with E-state index in [0.717, 1.165) is 24.4 Å². The van der Waals surface area contributed by atoms with Crippen LogP contribution in [0.25, 0.3) is 0 Å². The normalized spacial score (nSPS) is 18.6. The van der Waals surface area contributed by atoms with Crippen LogP contribution < -0.4 is 10.5 Å². The molecule has 16 heavy (non-hydrogen) atoms. The number of nitriles is 1. The molecule has 0 radical (unpaired) electrons. The summed E-state index contributed by atoms with van der Waals surface area (Å²) in [6.45, 7) is 1.57. The van der Waals surface area contributed by atoms with Gasteiger partial charge in [-0.05, 0) is 17.7 Å². The highest BCUT2D eigenvalue weighted by molar-refractivity contribution is 5.33. The minimum Gasteiger partial charge on any atom is -0.497 e. The maximum atomic E-state index is 9.19. The Morgan fingerprint density at radius 1 is 1.56 bits per heavy atom. The maximum absolute atomic E-state index is 9.19. The molecule has 84 valence electrons. The number of hydrogen-bond acceptors (Lipinski definition) is 4. The van der Waals surface area contributed by atoms with Gasteiger partial charge < -0.3 is 10.5 Å². The third-order valence-corrected chi connectivity index (χ3v) is 2.84. The molecule has 1 aromatic rings. The SMILES string of the molecule is COc1cccc([C@@H](C#N)N2CC(N)C2)c1. The van der Waals surface area contributed by atoms with Crippen LogP contribution in [0.3, 0.4) is 0 Å². The molecule has 2 N–H and O–H groups in total. The molecule has 0 unspecified atom stereocenters. The predicted molar refractivity (Wildman–Crippen MR) is 60.9 cm³/mol. The van der Waals surface area contributed by atoms with E-state index in [1.807, 2.05) is 24.3 Å². The number of nitrogens with two attached hydrogens (primary N) is 1. The van der Waals surface area contributed by atoms with E-state index in [9.17, 15) is 5.26 Å². The van der Waals surface area contributed by atoms with E-state index >= 15 is 0 Å². The van der Waals surface area contributed by atoms with Gasteiger partial charge in [0.25, 0.3) is 0 Å². The van der Waals surface area contributed by atoms with Crippen molar-refractivity contribution in [3.63, 3.8) is 0 Å². The molecule has 1 atom stereocenters. The third-order valence-electron chi connectivity index (χ3n) is 2.84. The van der Waals surface area contributed by atoms with Gasteiger partial charge in [0.1, 0.15) is 11.8 Å². The number of rotatable bonds is 3. The number of hydrogen-bond donors (Lipinski definition) is 1. The van der Waals surface area contributed by atoms with Gasteiger partial charge in [-0.15, -0.1) is 0 Å². The van der Waals surface area contributed by atoms with E-state index in [1.54, 1.807) is 7.11 Å². The van der Waals surface area contributed by atoms with Crippen molar-refractivity contribution in [3.8, 4) is 11.8 Å². The molecule has 0 aliphatic carbocycles. The Morgan fingerprint density at radius 3 is 2.88 bits per heavy atom. The molecule has 1 aliphatic rings. The summed E-state index contributed by atoms with van der Waals surface area (Å²) >= 11 is 0. The first-order chi connectivity index (χ1) is 7.74. The summed E-state index contributed by atoms with van der Waals surface area (Å²) < 4.78 is 5.15. The van der Waals surface area contributed by atoms with Gasteiger partial charge in [0.15, 0.2) is 0 Å². The molecule has 1 saturated heterocycles. The molecule has 2 rings (SSSR count). The molecule has 0 aromatic heterocycles. The Morgan fingerprint density at radius 2 is 2.31 bits per heavy atom. The summed E-state index contributed by atoms with van der Waals surface area (Å²) in [5.74, 6) is 0.780. The molecule has 1 aromatic carbocycles. The van der Waals surface area contributed by atoms with Gasteiger partial charge in [-0.2, -0.15) is 5.26 Å². The summed E-state index contributed by atoms with van der Waals surface area (Å²) in [7, 11) is 1.63. The second-order valence-electron chi connectivity index (χ2n) is 4.02. The molecular weight excluding hydrogens is 202 g/mol. The molecular formula is C12H15N3O. The molecule has 0 saturated carbocycles. The van der Waals surface area contributed by atoms with Crippen LogP contribution in [0.5, 0.6) is 5.75 Å². The molecule has 0 amide bonds. The van der Waals surface area contributed by atoms with Gasteiger partial charge in [0, 0.05) is 19.1 Å². The highest BCUT2D eigenvalue weighted by Crippen LogP contribution is 2.26. The molecule has 0 spiro atoms. The summed E-state index contributed by atoms with van der Waals surface area (Å²) in [6.07, 6.45) is 0. The Balaban J connectivity index is 2.17. The van der Waals surface area contributed by atoms with Gasteiger partial charge in [-0.1, -0.05) is 12.1 Å². The summed E-state index contributed by atoms with van der Waals surface area (Å²) in [5.41, 5.74) is 6.69. The number of ether oxygens (including phenoxy) is 1. The largest absolute Gasteiger partial charge is 0.497 e. The Hall–Kier alpha value is -1.57.